The fourth-order valence-corrected chi connectivity index (χ4v) is 4.35. The van der Waals surface area contributed by atoms with Crippen LogP contribution in [0.25, 0.3) is 33.2 Å². The summed E-state index contributed by atoms with van der Waals surface area (Å²) in [5.74, 6) is 0.848. The minimum absolute atomic E-state index is 0.825. The predicted molar refractivity (Wildman–Crippen MR) is 124 cm³/mol. The van der Waals surface area contributed by atoms with Gasteiger partial charge in [-0.3, -0.25) is 9.88 Å². The van der Waals surface area contributed by atoms with Crippen LogP contribution in [0, 0.1) is 0 Å². The van der Waals surface area contributed by atoms with Gasteiger partial charge in [-0.05, 0) is 29.8 Å². The monoisotopic (exact) mass is 413 g/mol. The van der Waals surface area contributed by atoms with Crippen molar-refractivity contribution in [2.75, 3.05) is 40.0 Å². The number of nitrogens with zero attached hydrogens (tertiary/aromatic N) is 2. The third kappa shape index (κ3) is 4.20. The number of fused-ring (bicyclic) bond motifs is 1. The van der Waals surface area contributed by atoms with Gasteiger partial charge in [0.1, 0.15) is 5.75 Å². The number of benzene rings is 2. The molecule has 0 bridgehead atoms. The fraction of sp³-hybridized carbons (Fsp3) is 0.269. The van der Waals surface area contributed by atoms with Crippen molar-refractivity contribution < 1.29 is 9.47 Å². The third-order valence-electron chi connectivity index (χ3n) is 6.00. The van der Waals surface area contributed by atoms with Gasteiger partial charge in [0, 0.05) is 71.7 Å². The zero-order chi connectivity index (χ0) is 21.0. The van der Waals surface area contributed by atoms with Crippen LogP contribution in [0.5, 0.6) is 5.75 Å². The minimum atomic E-state index is 0.825. The van der Waals surface area contributed by atoms with Gasteiger partial charge in [0.25, 0.3) is 0 Å². The van der Waals surface area contributed by atoms with E-state index in [0.717, 1.165) is 61.7 Å². The Hall–Kier alpha value is -3.15. The quantitative estimate of drug-likeness (QED) is 0.494. The molecule has 1 saturated heterocycles. The number of aromatic nitrogens is 2. The summed E-state index contributed by atoms with van der Waals surface area (Å²) in [6, 6.07) is 18.9. The van der Waals surface area contributed by atoms with Gasteiger partial charge in [-0.1, -0.05) is 30.3 Å². The Morgan fingerprint density at radius 3 is 2.68 bits per heavy atom. The SMILES string of the molecule is COc1cccc(-c2cncc(-c3c(CCN4CCOCC4)[nH]c4ccccc34)c2)c1. The summed E-state index contributed by atoms with van der Waals surface area (Å²) in [5.41, 5.74) is 7.00. The molecule has 0 atom stereocenters. The number of ether oxygens (including phenoxy) is 2. The van der Waals surface area contributed by atoms with E-state index in [9.17, 15) is 0 Å². The molecule has 3 heterocycles. The Morgan fingerprint density at radius 2 is 1.81 bits per heavy atom. The molecule has 0 saturated carbocycles. The van der Waals surface area contributed by atoms with Gasteiger partial charge < -0.3 is 14.5 Å². The lowest BCUT2D eigenvalue weighted by Crippen LogP contribution is -2.37. The minimum Gasteiger partial charge on any atom is -0.497 e. The Bertz CT molecular complexity index is 1180. The van der Waals surface area contributed by atoms with Crippen LogP contribution in [0.2, 0.25) is 0 Å². The smallest absolute Gasteiger partial charge is 0.119 e. The molecule has 5 rings (SSSR count). The topological polar surface area (TPSA) is 50.4 Å². The highest BCUT2D eigenvalue weighted by molar-refractivity contribution is 5.98. The molecule has 31 heavy (non-hydrogen) atoms. The molecule has 158 valence electrons. The third-order valence-corrected chi connectivity index (χ3v) is 6.00. The number of para-hydroxylation sites is 1. The number of morpholine rings is 1. The van der Waals surface area contributed by atoms with E-state index < -0.39 is 0 Å². The van der Waals surface area contributed by atoms with Gasteiger partial charge in [0.2, 0.25) is 0 Å². The van der Waals surface area contributed by atoms with Crippen molar-refractivity contribution in [3.05, 3.63) is 72.7 Å². The van der Waals surface area contributed by atoms with Crippen LogP contribution in [0.3, 0.4) is 0 Å². The maximum Gasteiger partial charge on any atom is 0.119 e. The second-order valence-corrected chi connectivity index (χ2v) is 7.92. The van der Waals surface area contributed by atoms with E-state index in [0.29, 0.717) is 0 Å². The first kappa shape index (κ1) is 19.8. The summed E-state index contributed by atoms with van der Waals surface area (Å²) in [7, 11) is 1.69. The predicted octanol–water partition coefficient (Wildman–Crippen LogP) is 4.78. The van der Waals surface area contributed by atoms with Crippen molar-refractivity contribution in [2.45, 2.75) is 6.42 Å². The van der Waals surface area contributed by atoms with Crippen LogP contribution in [-0.2, 0) is 11.2 Å². The van der Waals surface area contributed by atoms with Gasteiger partial charge in [-0.2, -0.15) is 0 Å². The summed E-state index contributed by atoms with van der Waals surface area (Å²) in [6.07, 6.45) is 4.85. The van der Waals surface area contributed by atoms with Gasteiger partial charge >= 0.3 is 0 Å². The summed E-state index contributed by atoms with van der Waals surface area (Å²) in [5, 5.41) is 1.24. The fourth-order valence-electron chi connectivity index (χ4n) is 4.35. The molecule has 0 amide bonds. The van der Waals surface area contributed by atoms with Crippen molar-refractivity contribution >= 4 is 10.9 Å². The van der Waals surface area contributed by atoms with Crippen molar-refractivity contribution in [3.8, 4) is 28.0 Å². The second-order valence-electron chi connectivity index (χ2n) is 7.92. The molecule has 5 nitrogen and oxygen atoms in total. The first-order valence-corrected chi connectivity index (χ1v) is 10.8. The highest BCUT2D eigenvalue weighted by atomic mass is 16.5. The Kier molecular flexibility index (Phi) is 5.69. The molecule has 5 heteroatoms. The maximum absolute atomic E-state index is 5.50. The van der Waals surface area contributed by atoms with Crippen LogP contribution in [0.1, 0.15) is 5.69 Å². The van der Waals surface area contributed by atoms with E-state index in [1.807, 2.05) is 24.5 Å². The number of hydrogen-bond acceptors (Lipinski definition) is 4. The van der Waals surface area contributed by atoms with E-state index in [-0.39, 0.29) is 0 Å². The number of methoxy groups -OCH3 is 1. The first-order chi connectivity index (χ1) is 15.3. The van der Waals surface area contributed by atoms with E-state index in [1.165, 1.54) is 22.2 Å². The number of aromatic amines is 1. The summed E-state index contributed by atoms with van der Waals surface area (Å²) in [4.78, 5) is 10.7. The number of nitrogens with one attached hydrogen (secondary N) is 1. The molecule has 1 aliphatic rings. The van der Waals surface area contributed by atoms with E-state index in [4.69, 9.17) is 9.47 Å². The highest BCUT2D eigenvalue weighted by Gasteiger charge is 2.17. The van der Waals surface area contributed by atoms with Crippen molar-refractivity contribution in [2.24, 2.45) is 0 Å². The average molecular weight is 414 g/mol. The van der Waals surface area contributed by atoms with Crippen molar-refractivity contribution in [1.29, 1.82) is 0 Å². The molecule has 2 aromatic carbocycles. The van der Waals surface area contributed by atoms with Crippen LogP contribution >= 0.6 is 0 Å². The molecule has 1 fully saturated rings. The van der Waals surface area contributed by atoms with Crippen LogP contribution < -0.4 is 4.74 Å². The number of rotatable bonds is 6. The second kappa shape index (κ2) is 8.92. The lowest BCUT2D eigenvalue weighted by molar-refractivity contribution is 0.0384. The standard InChI is InChI=1S/C26H27N3O2/c1-30-22-6-4-5-19(16-22)20-15-21(18-27-17-20)26-23-7-2-3-8-24(23)28-25(26)9-10-29-11-13-31-14-12-29/h2-8,15-18,28H,9-14H2,1H3. The molecule has 0 spiro atoms. The molecule has 1 N–H and O–H groups in total. The van der Waals surface area contributed by atoms with Gasteiger partial charge in [-0.25, -0.2) is 0 Å². The molecule has 0 radical (unpaired) electrons. The van der Waals surface area contributed by atoms with Crippen molar-refractivity contribution in [1.82, 2.24) is 14.9 Å². The van der Waals surface area contributed by atoms with Crippen LogP contribution in [0.4, 0.5) is 0 Å². The molecule has 2 aromatic heterocycles. The maximum atomic E-state index is 5.50. The Balaban J connectivity index is 1.53. The zero-order valence-electron chi connectivity index (χ0n) is 17.8. The average Bonchev–Trinajstić information content (AvgIpc) is 3.22. The molecule has 0 unspecified atom stereocenters. The van der Waals surface area contributed by atoms with E-state index in [1.54, 1.807) is 7.11 Å². The molecule has 0 aliphatic carbocycles. The number of hydrogen-bond donors (Lipinski definition) is 1. The molecule has 4 aromatic rings. The summed E-state index contributed by atoms with van der Waals surface area (Å²) < 4.78 is 10.9. The number of H-pyrrole nitrogens is 1. The van der Waals surface area contributed by atoms with Gasteiger partial charge in [0.15, 0.2) is 0 Å². The number of pyridine rings is 1. The summed E-state index contributed by atoms with van der Waals surface area (Å²) >= 11 is 0. The Morgan fingerprint density at radius 1 is 0.968 bits per heavy atom. The largest absolute Gasteiger partial charge is 0.497 e. The van der Waals surface area contributed by atoms with E-state index in [2.05, 4.69) is 57.3 Å². The summed E-state index contributed by atoms with van der Waals surface area (Å²) in [6.45, 7) is 4.68. The lowest BCUT2D eigenvalue weighted by atomic mass is 9.98. The van der Waals surface area contributed by atoms with E-state index >= 15 is 0 Å². The van der Waals surface area contributed by atoms with Gasteiger partial charge in [0.05, 0.1) is 20.3 Å². The zero-order valence-corrected chi connectivity index (χ0v) is 17.8. The lowest BCUT2D eigenvalue weighted by Gasteiger charge is -2.26. The molecular formula is C26H27N3O2. The van der Waals surface area contributed by atoms with Crippen LogP contribution in [0.15, 0.2) is 67.0 Å². The van der Waals surface area contributed by atoms with Crippen molar-refractivity contribution in [3.63, 3.8) is 0 Å². The first-order valence-electron chi connectivity index (χ1n) is 10.8. The van der Waals surface area contributed by atoms with Crippen LogP contribution in [-0.4, -0.2) is 54.8 Å². The Labute approximate surface area is 182 Å². The molecular weight excluding hydrogens is 386 g/mol. The molecule has 1 aliphatic heterocycles. The normalized spacial score (nSPS) is 14.7. The van der Waals surface area contributed by atoms with Gasteiger partial charge in [-0.15, -0.1) is 0 Å². The highest BCUT2D eigenvalue weighted by Crippen LogP contribution is 2.35.